The number of allylic oxidation sites excluding steroid dienone is 1. The third-order valence-electron chi connectivity index (χ3n) is 10.2. The number of nitrogens with zero attached hydrogens (tertiary/aromatic N) is 2. The molecule has 2 aromatic carbocycles. The molecule has 2 aliphatic carbocycles. The molecule has 6 rings (SSSR count). The highest BCUT2D eigenvalue weighted by Gasteiger charge is 2.44. The number of carbonyl (C=O) groups is 2. The number of hydrogen-bond acceptors (Lipinski definition) is 7. The molecular formula is C36H46N2O6S. The number of ether oxygens (including phenoxy) is 3. The first-order valence-corrected chi connectivity index (χ1v) is 18.2. The number of carbonyl (C=O) groups excluding carboxylic acids is 2. The molecule has 0 N–H and O–H groups in total. The van der Waals surface area contributed by atoms with Gasteiger partial charge in [0.1, 0.15) is 12.4 Å². The van der Waals surface area contributed by atoms with E-state index in [4.69, 9.17) is 14.2 Å². The van der Waals surface area contributed by atoms with Gasteiger partial charge < -0.3 is 19.1 Å². The summed E-state index contributed by atoms with van der Waals surface area (Å²) in [6, 6.07) is 12.3. The lowest BCUT2D eigenvalue weighted by Crippen LogP contribution is -2.49. The molecule has 5 atom stereocenters. The van der Waals surface area contributed by atoms with Gasteiger partial charge in [-0.3, -0.25) is 9.59 Å². The predicted octanol–water partition coefficient (Wildman–Crippen LogP) is 5.68. The van der Waals surface area contributed by atoms with Gasteiger partial charge in [0.15, 0.2) is 5.78 Å². The first-order valence-electron chi connectivity index (χ1n) is 16.3. The first kappa shape index (κ1) is 32.0. The molecule has 1 spiro atoms. The Morgan fingerprint density at radius 1 is 1.16 bits per heavy atom. The molecule has 0 saturated heterocycles. The van der Waals surface area contributed by atoms with Crippen LogP contribution in [0.3, 0.4) is 0 Å². The van der Waals surface area contributed by atoms with Crippen LogP contribution >= 0.6 is 0 Å². The molecule has 1 amide bonds. The standard InChI is InChI=1S/C36H46N2O6S/c1-25-10-14-31-26(18-25)8-7-16-36(31)23-38-20-28-11-13-30(28)33(43-3)9-5-4-6-17-45(41,22-29(39)21-42-2)37-35(40)27-12-15-34(44-24-36)32(38)19-27/h5,9-10,12,14-15,18-19,28,30,33H,4,6-8,11,13,16-17,20-24H2,1-3H3/b9-5+/t28-,30+,33-,36-,45-/m0/s1. The summed E-state index contributed by atoms with van der Waals surface area (Å²) in [7, 11) is 0.0740. The Bertz CT molecular complexity index is 1590. The Morgan fingerprint density at radius 2 is 2.02 bits per heavy atom. The maximum absolute atomic E-state index is 14.0. The summed E-state index contributed by atoms with van der Waals surface area (Å²) >= 11 is 0. The number of benzene rings is 2. The van der Waals surface area contributed by atoms with Gasteiger partial charge in [-0.1, -0.05) is 35.9 Å². The van der Waals surface area contributed by atoms with Crippen molar-refractivity contribution in [1.82, 2.24) is 0 Å². The second-order valence-corrected chi connectivity index (χ2v) is 15.8. The van der Waals surface area contributed by atoms with E-state index >= 15 is 0 Å². The van der Waals surface area contributed by atoms with Crippen molar-refractivity contribution in [2.75, 3.05) is 56.9 Å². The van der Waals surface area contributed by atoms with E-state index in [9.17, 15) is 13.8 Å². The van der Waals surface area contributed by atoms with E-state index < -0.39 is 15.6 Å². The largest absolute Gasteiger partial charge is 0.490 e. The fourth-order valence-electron chi connectivity index (χ4n) is 7.81. The van der Waals surface area contributed by atoms with Gasteiger partial charge in [0.25, 0.3) is 5.91 Å². The van der Waals surface area contributed by atoms with Crippen molar-refractivity contribution < 1.29 is 28.0 Å². The number of aryl methyl sites for hydroxylation is 2. The SMILES string of the molecule is COCC(=O)C[S@]1(=O)=NC(=O)c2ccc3c(c2)N(C[C@@H]2CC[C@H]2[C@@H](OC)/C=C/CCC1)C[C@@]1(CCCc2cc(C)ccc21)CO3. The van der Waals surface area contributed by atoms with Crippen LogP contribution in [-0.2, 0) is 35.8 Å². The van der Waals surface area contributed by atoms with E-state index in [1.807, 2.05) is 12.1 Å². The van der Waals surface area contributed by atoms with Gasteiger partial charge in [-0.05, 0) is 93.0 Å². The molecular weight excluding hydrogens is 588 g/mol. The van der Waals surface area contributed by atoms with Crippen molar-refractivity contribution in [1.29, 1.82) is 0 Å². The van der Waals surface area contributed by atoms with Crippen LogP contribution in [0.5, 0.6) is 5.75 Å². The molecule has 2 heterocycles. The van der Waals surface area contributed by atoms with E-state index in [1.165, 1.54) is 23.8 Å². The highest BCUT2D eigenvalue weighted by molar-refractivity contribution is 7.94. The average Bonchev–Trinajstić information content (AvgIpc) is 3.14. The molecule has 2 aliphatic heterocycles. The van der Waals surface area contributed by atoms with Gasteiger partial charge in [0.05, 0.1) is 33.9 Å². The van der Waals surface area contributed by atoms with Crippen LogP contribution < -0.4 is 9.64 Å². The molecule has 45 heavy (non-hydrogen) atoms. The lowest BCUT2D eigenvalue weighted by molar-refractivity contribution is -0.120. The molecule has 4 aliphatic rings. The van der Waals surface area contributed by atoms with Crippen molar-refractivity contribution in [2.24, 2.45) is 16.2 Å². The zero-order valence-corrected chi connectivity index (χ0v) is 27.6. The lowest BCUT2D eigenvalue weighted by atomic mass is 9.68. The van der Waals surface area contributed by atoms with Gasteiger partial charge in [0, 0.05) is 44.0 Å². The van der Waals surface area contributed by atoms with E-state index in [0.29, 0.717) is 36.8 Å². The molecule has 0 aromatic heterocycles. The molecule has 0 radical (unpaired) electrons. The molecule has 1 fully saturated rings. The number of amides is 1. The van der Waals surface area contributed by atoms with Crippen molar-refractivity contribution in [3.05, 3.63) is 70.8 Å². The lowest BCUT2D eigenvalue weighted by Gasteiger charge is -2.46. The third kappa shape index (κ3) is 6.76. The van der Waals surface area contributed by atoms with Crippen LogP contribution in [0.4, 0.5) is 5.69 Å². The normalized spacial score (nSPS) is 30.6. The maximum Gasteiger partial charge on any atom is 0.285 e. The van der Waals surface area contributed by atoms with Crippen LogP contribution in [-0.4, -0.2) is 74.0 Å². The number of rotatable bonds is 5. The summed E-state index contributed by atoms with van der Waals surface area (Å²) in [6.45, 7) is 4.17. The summed E-state index contributed by atoms with van der Waals surface area (Å²) in [5.74, 6) is 0.541. The third-order valence-corrected chi connectivity index (χ3v) is 12.4. The molecule has 0 unspecified atom stereocenters. The smallest absolute Gasteiger partial charge is 0.285 e. The zero-order valence-electron chi connectivity index (χ0n) is 26.8. The number of anilines is 1. The molecule has 2 bridgehead atoms. The highest BCUT2D eigenvalue weighted by Crippen LogP contribution is 2.46. The Morgan fingerprint density at radius 3 is 2.80 bits per heavy atom. The molecule has 9 heteroatoms. The van der Waals surface area contributed by atoms with E-state index in [-0.39, 0.29) is 35.4 Å². The minimum Gasteiger partial charge on any atom is -0.490 e. The maximum atomic E-state index is 14.0. The fraction of sp³-hybridized carbons (Fsp3) is 0.556. The Kier molecular flexibility index (Phi) is 9.50. The second kappa shape index (κ2) is 13.4. The number of hydrogen-bond donors (Lipinski definition) is 0. The quantitative estimate of drug-likeness (QED) is 0.391. The first-order chi connectivity index (χ1) is 21.7. The average molecular weight is 635 g/mol. The molecule has 242 valence electrons. The van der Waals surface area contributed by atoms with Gasteiger partial charge in [-0.15, -0.1) is 0 Å². The van der Waals surface area contributed by atoms with Crippen molar-refractivity contribution in [3.63, 3.8) is 0 Å². The molecule has 8 nitrogen and oxygen atoms in total. The number of fused-ring (bicyclic) bond motifs is 4. The van der Waals surface area contributed by atoms with Crippen LogP contribution in [0.15, 0.2) is 52.9 Å². The Balaban J connectivity index is 1.43. The summed E-state index contributed by atoms with van der Waals surface area (Å²) < 4.78 is 35.8. The summed E-state index contributed by atoms with van der Waals surface area (Å²) in [6.07, 6.45) is 10.9. The van der Waals surface area contributed by atoms with Crippen LogP contribution in [0.2, 0.25) is 0 Å². The topological polar surface area (TPSA) is 94.5 Å². The minimum absolute atomic E-state index is 0.00284. The van der Waals surface area contributed by atoms with Crippen molar-refractivity contribution >= 4 is 27.1 Å². The monoisotopic (exact) mass is 634 g/mol. The Hall–Kier alpha value is -3.01. The van der Waals surface area contributed by atoms with Crippen molar-refractivity contribution in [2.45, 2.75) is 63.4 Å². The van der Waals surface area contributed by atoms with E-state index in [0.717, 1.165) is 56.6 Å². The summed E-state index contributed by atoms with van der Waals surface area (Å²) in [4.78, 5) is 28.6. The van der Waals surface area contributed by atoms with Crippen LogP contribution in [0, 0.1) is 18.8 Å². The second-order valence-electron chi connectivity index (χ2n) is 13.4. The summed E-state index contributed by atoms with van der Waals surface area (Å²) in [5.41, 5.74) is 5.11. The molecule has 1 saturated carbocycles. The van der Waals surface area contributed by atoms with Crippen molar-refractivity contribution in [3.8, 4) is 5.75 Å². The summed E-state index contributed by atoms with van der Waals surface area (Å²) in [5, 5.41) is 0. The Labute approximate surface area is 267 Å². The van der Waals surface area contributed by atoms with Gasteiger partial charge in [-0.2, -0.15) is 4.36 Å². The van der Waals surface area contributed by atoms with Gasteiger partial charge in [0.2, 0.25) is 0 Å². The predicted molar refractivity (Wildman–Crippen MR) is 177 cm³/mol. The number of methoxy groups -OCH3 is 2. The molecule has 2 aromatic rings. The minimum atomic E-state index is -3.13. The fourth-order valence-corrected chi connectivity index (χ4v) is 9.72. The van der Waals surface area contributed by atoms with E-state index in [2.05, 4.69) is 46.5 Å². The van der Waals surface area contributed by atoms with Gasteiger partial charge >= 0.3 is 0 Å². The van der Waals surface area contributed by atoms with Crippen LogP contribution in [0.1, 0.15) is 65.6 Å². The van der Waals surface area contributed by atoms with Gasteiger partial charge in [-0.25, -0.2) is 4.21 Å². The zero-order chi connectivity index (χ0) is 31.6. The van der Waals surface area contributed by atoms with Crippen LogP contribution in [0.25, 0.3) is 0 Å². The number of ketones is 1. The number of Topliss-reactive ketones (excluding diaryl/α,β-unsaturated/α-hetero) is 1. The highest BCUT2D eigenvalue weighted by atomic mass is 32.2. The van der Waals surface area contributed by atoms with E-state index in [1.54, 1.807) is 13.2 Å².